The Morgan fingerprint density at radius 1 is 1.33 bits per heavy atom. The van der Waals surface area contributed by atoms with Crippen molar-refractivity contribution >= 4 is 5.78 Å². The van der Waals surface area contributed by atoms with Crippen LogP contribution in [-0.2, 0) is 11.3 Å². The maximum Gasteiger partial charge on any atom is 0.139 e. The Morgan fingerprint density at radius 3 is 2.72 bits per heavy atom. The van der Waals surface area contributed by atoms with E-state index in [2.05, 4.69) is 29.2 Å². The topological polar surface area (TPSA) is 20.3 Å². The van der Waals surface area contributed by atoms with Gasteiger partial charge in [-0.05, 0) is 24.9 Å². The summed E-state index contributed by atoms with van der Waals surface area (Å²) in [6.45, 7) is 7.06. The highest BCUT2D eigenvalue weighted by molar-refractivity contribution is 5.83. The van der Waals surface area contributed by atoms with Crippen molar-refractivity contribution in [3.05, 3.63) is 35.9 Å². The molecule has 0 spiro atoms. The van der Waals surface area contributed by atoms with E-state index in [0.29, 0.717) is 5.78 Å². The lowest BCUT2D eigenvalue weighted by atomic mass is 9.88. The molecule has 0 N–H and O–H groups in total. The first-order valence-corrected chi connectivity index (χ1v) is 6.97. The molecule has 1 aromatic carbocycles. The first kappa shape index (κ1) is 13.3. The monoisotopic (exact) mass is 245 g/mol. The van der Waals surface area contributed by atoms with Gasteiger partial charge >= 0.3 is 0 Å². The average Bonchev–Trinajstić information content (AvgIpc) is 2.39. The molecule has 0 amide bonds. The van der Waals surface area contributed by atoms with Crippen molar-refractivity contribution in [2.24, 2.45) is 11.8 Å². The van der Waals surface area contributed by atoms with Crippen LogP contribution in [0.25, 0.3) is 0 Å². The maximum atomic E-state index is 12.1. The number of piperidine rings is 1. The summed E-state index contributed by atoms with van der Waals surface area (Å²) >= 11 is 0. The number of carbonyl (C=O) groups excluding carboxylic acids is 1. The molecule has 2 nitrogen and oxygen atoms in total. The second-order valence-corrected chi connectivity index (χ2v) is 5.62. The lowest BCUT2D eigenvalue weighted by molar-refractivity contribution is -0.127. The Kier molecular flexibility index (Phi) is 4.54. The van der Waals surface area contributed by atoms with Gasteiger partial charge in [0.2, 0.25) is 0 Å². The van der Waals surface area contributed by atoms with E-state index in [4.69, 9.17) is 0 Å². The van der Waals surface area contributed by atoms with E-state index in [1.54, 1.807) is 0 Å². The lowest BCUT2D eigenvalue weighted by Crippen LogP contribution is -2.39. The largest absolute Gasteiger partial charge is 0.299 e. The van der Waals surface area contributed by atoms with Crippen molar-refractivity contribution in [3.8, 4) is 0 Å². The number of benzene rings is 1. The highest BCUT2D eigenvalue weighted by Crippen LogP contribution is 2.21. The van der Waals surface area contributed by atoms with Gasteiger partial charge in [0, 0.05) is 24.9 Å². The summed E-state index contributed by atoms with van der Waals surface area (Å²) in [5.41, 5.74) is 1.34. The molecule has 0 aliphatic carbocycles. The first-order chi connectivity index (χ1) is 8.66. The van der Waals surface area contributed by atoms with Crippen LogP contribution in [0.2, 0.25) is 0 Å². The van der Waals surface area contributed by atoms with Crippen LogP contribution in [0, 0.1) is 11.8 Å². The number of ketones is 1. The van der Waals surface area contributed by atoms with Crippen molar-refractivity contribution in [2.75, 3.05) is 13.1 Å². The van der Waals surface area contributed by atoms with Crippen molar-refractivity contribution < 1.29 is 4.79 Å². The van der Waals surface area contributed by atoms with Gasteiger partial charge in [0.1, 0.15) is 5.78 Å². The molecule has 1 aliphatic heterocycles. The van der Waals surface area contributed by atoms with Gasteiger partial charge in [-0.3, -0.25) is 9.69 Å². The summed E-state index contributed by atoms with van der Waals surface area (Å²) in [7, 11) is 0. The number of carbonyl (C=O) groups is 1. The van der Waals surface area contributed by atoms with Crippen molar-refractivity contribution in [2.45, 2.75) is 33.2 Å². The predicted molar refractivity (Wildman–Crippen MR) is 74.3 cm³/mol. The third-order valence-corrected chi connectivity index (χ3v) is 3.73. The molecular weight excluding hydrogens is 222 g/mol. The third kappa shape index (κ3) is 3.42. The fraction of sp³-hybridized carbons (Fsp3) is 0.562. The first-order valence-electron chi connectivity index (χ1n) is 6.97. The summed E-state index contributed by atoms with van der Waals surface area (Å²) in [6, 6.07) is 10.5. The molecule has 0 bridgehead atoms. The SMILES string of the molecule is CC(C)C(=O)C1CCCN(Cc2ccccc2)C1. The quantitative estimate of drug-likeness (QED) is 0.812. The summed E-state index contributed by atoms with van der Waals surface area (Å²) in [5, 5.41) is 0. The fourth-order valence-corrected chi connectivity index (χ4v) is 2.74. The minimum absolute atomic E-state index is 0.173. The second-order valence-electron chi connectivity index (χ2n) is 5.62. The summed E-state index contributed by atoms with van der Waals surface area (Å²) in [4.78, 5) is 14.5. The van der Waals surface area contributed by atoms with E-state index < -0.39 is 0 Å². The molecular formula is C16H23NO. The van der Waals surface area contributed by atoms with E-state index in [9.17, 15) is 4.79 Å². The Labute approximate surface area is 110 Å². The van der Waals surface area contributed by atoms with Crippen LogP contribution in [-0.4, -0.2) is 23.8 Å². The summed E-state index contributed by atoms with van der Waals surface area (Å²) in [5.74, 6) is 0.863. The van der Waals surface area contributed by atoms with Crippen LogP contribution >= 0.6 is 0 Å². The Morgan fingerprint density at radius 2 is 2.06 bits per heavy atom. The van der Waals surface area contributed by atoms with Gasteiger partial charge in [0.05, 0.1) is 0 Å². The predicted octanol–water partition coefficient (Wildman–Crippen LogP) is 3.12. The number of Topliss-reactive ketones (excluding diaryl/α,β-unsaturated/α-hetero) is 1. The molecule has 1 aliphatic rings. The molecule has 0 saturated carbocycles. The zero-order valence-electron chi connectivity index (χ0n) is 11.4. The molecule has 18 heavy (non-hydrogen) atoms. The van der Waals surface area contributed by atoms with Gasteiger partial charge < -0.3 is 0 Å². The molecule has 1 heterocycles. The highest BCUT2D eigenvalue weighted by Gasteiger charge is 2.26. The summed E-state index contributed by atoms with van der Waals surface area (Å²) in [6.07, 6.45) is 2.22. The van der Waals surface area contributed by atoms with E-state index in [-0.39, 0.29) is 11.8 Å². The minimum Gasteiger partial charge on any atom is -0.299 e. The molecule has 1 unspecified atom stereocenters. The molecule has 0 aromatic heterocycles. The van der Waals surface area contributed by atoms with Crippen LogP contribution in [0.15, 0.2) is 30.3 Å². The van der Waals surface area contributed by atoms with E-state index in [1.165, 1.54) is 5.56 Å². The molecule has 0 radical (unpaired) electrons. The molecule has 98 valence electrons. The normalized spacial score (nSPS) is 21.2. The van der Waals surface area contributed by atoms with Crippen molar-refractivity contribution in [1.29, 1.82) is 0 Å². The Hall–Kier alpha value is -1.15. The number of rotatable bonds is 4. The Bertz CT molecular complexity index is 385. The van der Waals surface area contributed by atoms with Crippen LogP contribution in [0.3, 0.4) is 0 Å². The van der Waals surface area contributed by atoms with Crippen molar-refractivity contribution in [1.82, 2.24) is 4.90 Å². The molecule has 1 fully saturated rings. The van der Waals surface area contributed by atoms with Crippen LogP contribution in [0.5, 0.6) is 0 Å². The van der Waals surface area contributed by atoms with Gasteiger partial charge in [0.15, 0.2) is 0 Å². The second kappa shape index (κ2) is 6.14. The van der Waals surface area contributed by atoms with Gasteiger partial charge in [-0.1, -0.05) is 44.2 Å². The molecule has 1 saturated heterocycles. The zero-order chi connectivity index (χ0) is 13.0. The maximum absolute atomic E-state index is 12.1. The van der Waals surface area contributed by atoms with E-state index >= 15 is 0 Å². The fourth-order valence-electron chi connectivity index (χ4n) is 2.74. The number of hydrogen-bond donors (Lipinski definition) is 0. The molecule has 1 aromatic rings. The van der Waals surface area contributed by atoms with Gasteiger partial charge in [0.25, 0.3) is 0 Å². The van der Waals surface area contributed by atoms with E-state index in [0.717, 1.165) is 32.5 Å². The number of nitrogens with zero attached hydrogens (tertiary/aromatic N) is 1. The van der Waals surface area contributed by atoms with Crippen LogP contribution in [0.1, 0.15) is 32.3 Å². The standard InChI is InChI=1S/C16H23NO/c1-13(2)16(18)15-9-6-10-17(12-15)11-14-7-4-3-5-8-14/h3-5,7-8,13,15H,6,9-12H2,1-2H3. The number of likely N-dealkylation sites (tertiary alicyclic amines) is 1. The minimum atomic E-state index is 0.173. The lowest BCUT2D eigenvalue weighted by Gasteiger charge is -2.32. The van der Waals surface area contributed by atoms with Gasteiger partial charge in [-0.15, -0.1) is 0 Å². The van der Waals surface area contributed by atoms with Gasteiger partial charge in [-0.25, -0.2) is 0 Å². The van der Waals surface area contributed by atoms with Crippen LogP contribution in [0.4, 0.5) is 0 Å². The van der Waals surface area contributed by atoms with Gasteiger partial charge in [-0.2, -0.15) is 0 Å². The summed E-state index contributed by atoms with van der Waals surface area (Å²) < 4.78 is 0. The van der Waals surface area contributed by atoms with Crippen LogP contribution < -0.4 is 0 Å². The highest BCUT2D eigenvalue weighted by atomic mass is 16.1. The van der Waals surface area contributed by atoms with Crippen molar-refractivity contribution in [3.63, 3.8) is 0 Å². The number of hydrogen-bond acceptors (Lipinski definition) is 2. The molecule has 1 atom stereocenters. The molecule has 2 rings (SSSR count). The zero-order valence-corrected chi connectivity index (χ0v) is 11.4. The van der Waals surface area contributed by atoms with E-state index in [1.807, 2.05) is 19.9 Å². The third-order valence-electron chi connectivity index (χ3n) is 3.73. The molecule has 2 heteroatoms. The smallest absolute Gasteiger partial charge is 0.139 e. The Balaban J connectivity index is 1.93. The average molecular weight is 245 g/mol.